The van der Waals surface area contributed by atoms with E-state index in [1.807, 2.05) is 6.79 Å². The summed E-state index contributed by atoms with van der Waals surface area (Å²) in [5, 5.41) is 9.19. The first-order valence-corrected chi connectivity index (χ1v) is 5.70. The largest absolute Gasteiger partial charge is 0.506 e. The lowest BCUT2D eigenvalue weighted by Gasteiger charge is -2.02. The van der Waals surface area contributed by atoms with Crippen LogP contribution in [0.2, 0.25) is 0 Å². The maximum atomic E-state index is 10.6. The van der Waals surface area contributed by atoms with Gasteiger partial charge in [0.15, 0.2) is 0 Å². The molecule has 0 aliphatic rings. The number of hydrogen-bond donors (Lipinski definition) is 5. The lowest BCUT2D eigenvalue weighted by atomic mass is 10.2. The molecule has 10 heteroatoms. The summed E-state index contributed by atoms with van der Waals surface area (Å²) in [5.74, 6) is -0.403. The quantitative estimate of drug-likeness (QED) is 0.447. The number of nitrogens with two attached hydrogens (primary N) is 2. The molecule has 0 heterocycles. The van der Waals surface area contributed by atoms with Crippen LogP contribution in [0.1, 0.15) is 5.56 Å². The van der Waals surface area contributed by atoms with Gasteiger partial charge in [-0.25, -0.2) is 4.79 Å². The standard InChI is InChI=1S/C7H8O4S.CH4N2O.CH2O.H3N/c1-5-3-2-4-6(7(5)8)12(9,10)11;2-1(3)4;1-2;/h2-4,8H,1H3,(H,9,10,11);(H4,2,3,4);1H2;1H3. The average molecular weight is 295 g/mol. The minimum Gasteiger partial charge on any atom is -0.506 e. The number of carbonyl (C=O) groups is 2. The van der Waals surface area contributed by atoms with E-state index in [1.165, 1.54) is 6.07 Å². The maximum absolute atomic E-state index is 10.6. The minimum absolute atomic E-state index is 0. The Kier molecular flexibility index (Phi) is 11.4. The fraction of sp³-hybridized carbons (Fsp3) is 0.111. The molecular formula is C9H17N3O6S. The first-order valence-electron chi connectivity index (χ1n) is 4.26. The number of hydrogen-bond acceptors (Lipinski definition) is 6. The zero-order chi connectivity index (χ0) is 14.9. The monoisotopic (exact) mass is 295 g/mol. The van der Waals surface area contributed by atoms with Crippen molar-refractivity contribution in [3.63, 3.8) is 0 Å². The molecule has 1 rings (SSSR count). The van der Waals surface area contributed by atoms with Crippen LogP contribution in [0.25, 0.3) is 0 Å². The Balaban J connectivity index is -0.000000316. The Hall–Kier alpha value is -2.17. The van der Waals surface area contributed by atoms with Gasteiger partial charge in [-0.05, 0) is 18.6 Å². The molecule has 9 nitrogen and oxygen atoms in total. The Morgan fingerprint density at radius 3 is 1.89 bits per heavy atom. The number of primary amides is 2. The van der Waals surface area contributed by atoms with Crippen LogP contribution < -0.4 is 17.6 Å². The van der Waals surface area contributed by atoms with Gasteiger partial charge in [0.05, 0.1) is 0 Å². The summed E-state index contributed by atoms with van der Waals surface area (Å²) in [6, 6.07) is 3.29. The van der Waals surface area contributed by atoms with Gasteiger partial charge in [0, 0.05) is 0 Å². The van der Waals surface area contributed by atoms with E-state index in [-0.39, 0.29) is 6.15 Å². The fourth-order valence-electron chi connectivity index (χ4n) is 0.840. The van der Waals surface area contributed by atoms with Gasteiger partial charge in [-0.2, -0.15) is 8.42 Å². The van der Waals surface area contributed by atoms with E-state index in [2.05, 4.69) is 11.5 Å². The highest BCUT2D eigenvalue weighted by atomic mass is 32.2. The molecule has 0 fully saturated rings. The minimum atomic E-state index is -4.31. The molecule has 0 saturated heterocycles. The van der Waals surface area contributed by atoms with Crippen molar-refractivity contribution in [1.29, 1.82) is 0 Å². The second-order valence-electron chi connectivity index (χ2n) is 2.80. The van der Waals surface area contributed by atoms with E-state index in [1.54, 1.807) is 13.0 Å². The van der Waals surface area contributed by atoms with Crippen molar-refractivity contribution in [1.82, 2.24) is 6.15 Å². The van der Waals surface area contributed by atoms with E-state index < -0.39 is 26.8 Å². The van der Waals surface area contributed by atoms with Crippen molar-refractivity contribution in [2.75, 3.05) is 0 Å². The predicted octanol–water partition coefficient (Wildman–Crippen LogP) is -0.0518. The highest BCUT2D eigenvalue weighted by Gasteiger charge is 2.15. The molecule has 0 atom stereocenters. The Labute approximate surface area is 110 Å². The summed E-state index contributed by atoms with van der Waals surface area (Å²) < 4.78 is 29.8. The molecule has 0 saturated carbocycles. The van der Waals surface area contributed by atoms with E-state index in [0.29, 0.717) is 5.56 Å². The molecular weight excluding hydrogens is 278 g/mol. The predicted molar refractivity (Wildman–Crippen MR) is 68.6 cm³/mol. The Bertz CT molecular complexity index is 499. The molecule has 0 radical (unpaired) electrons. The molecule has 0 aliphatic carbocycles. The van der Waals surface area contributed by atoms with Crippen LogP contribution in [0.15, 0.2) is 23.1 Å². The van der Waals surface area contributed by atoms with Gasteiger partial charge in [-0.3, -0.25) is 4.55 Å². The lowest BCUT2D eigenvalue weighted by molar-refractivity contribution is -0.0980. The first kappa shape index (κ1) is 22.0. The number of aryl methyl sites for hydroxylation is 1. The zero-order valence-electron chi connectivity index (χ0n) is 10.2. The van der Waals surface area contributed by atoms with Crippen LogP contribution in [0.4, 0.5) is 4.79 Å². The molecule has 1 aromatic carbocycles. The van der Waals surface area contributed by atoms with Gasteiger partial charge in [0.1, 0.15) is 17.4 Å². The number of rotatable bonds is 1. The van der Waals surface area contributed by atoms with Crippen LogP contribution in [-0.2, 0) is 14.9 Å². The first-order chi connectivity index (χ1) is 8.16. The van der Waals surface area contributed by atoms with Gasteiger partial charge in [-0.1, -0.05) is 12.1 Å². The SMILES string of the molecule is C=O.Cc1cccc(S(=O)(=O)O)c1O.N.NC(N)=O. The lowest BCUT2D eigenvalue weighted by Crippen LogP contribution is -2.18. The fourth-order valence-corrected chi connectivity index (χ4v) is 1.50. The molecule has 9 N–H and O–H groups in total. The average Bonchev–Trinajstić information content (AvgIpc) is 2.22. The van der Waals surface area contributed by atoms with Gasteiger partial charge < -0.3 is 27.5 Å². The highest BCUT2D eigenvalue weighted by Crippen LogP contribution is 2.25. The molecule has 1 aromatic rings. The second kappa shape index (κ2) is 9.82. The van der Waals surface area contributed by atoms with E-state index in [9.17, 15) is 13.5 Å². The summed E-state index contributed by atoms with van der Waals surface area (Å²) in [6.07, 6.45) is 0. The molecule has 2 amide bonds. The number of para-hydroxylation sites is 1. The summed E-state index contributed by atoms with van der Waals surface area (Å²) >= 11 is 0. The molecule has 19 heavy (non-hydrogen) atoms. The number of carbonyl (C=O) groups excluding carboxylic acids is 2. The highest BCUT2D eigenvalue weighted by molar-refractivity contribution is 7.86. The molecule has 0 unspecified atom stereocenters. The van der Waals surface area contributed by atoms with Crippen molar-refractivity contribution in [2.24, 2.45) is 11.5 Å². The number of urea groups is 1. The molecule has 110 valence electrons. The summed E-state index contributed by atoms with van der Waals surface area (Å²) in [6.45, 7) is 3.55. The smallest absolute Gasteiger partial charge is 0.309 e. The van der Waals surface area contributed by atoms with Crippen molar-refractivity contribution in [3.8, 4) is 5.75 Å². The van der Waals surface area contributed by atoms with E-state index >= 15 is 0 Å². The second-order valence-corrected chi connectivity index (χ2v) is 4.19. The van der Waals surface area contributed by atoms with Crippen LogP contribution in [0, 0.1) is 6.92 Å². The van der Waals surface area contributed by atoms with Gasteiger partial charge in [-0.15, -0.1) is 0 Å². The van der Waals surface area contributed by atoms with Crippen molar-refractivity contribution < 1.29 is 27.7 Å². The van der Waals surface area contributed by atoms with Crippen LogP contribution in [0.5, 0.6) is 5.75 Å². The normalized spacial score (nSPS) is 8.74. The van der Waals surface area contributed by atoms with Gasteiger partial charge in [0.2, 0.25) is 0 Å². The third-order valence-electron chi connectivity index (χ3n) is 1.48. The van der Waals surface area contributed by atoms with Crippen LogP contribution in [0.3, 0.4) is 0 Å². The van der Waals surface area contributed by atoms with Crippen molar-refractivity contribution in [2.45, 2.75) is 11.8 Å². The van der Waals surface area contributed by atoms with Crippen LogP contribution in [-0.4, -0.2) is 30.9 Å². The third-order valence-corrected chi connectivity index (χ3v) is 2.36. The van der Waals surface area contributed by atoms with Crippen molar-refractivity contribution >= 4 is 22.9 Å². The molecule has 0 aromatic heterocycles. The number of phenols is 1. The number of aromatic hydroxyl groups is 1. The van der Waals surface area contributed by atoms with Gasteiger partial charge >= 0.3 is 6.03 Å². The Morgan fingerprint density at radius 2 is 1.63 bits per heavy atom. The summed E-state index contributed by atoms with van der Waals surface area (Å²) in [7, 11) is -4.31. The molecule has 0 spiro atoms. The van der Waals surface area contributed by atoms with E-state index in [4.69, 9.17) is 14.1 Å². The molecule has 0 aliphatic heterocycles. The Morgan fingerprint density at radius 1 is 1.26 bits per heavy atom. The molecule has 0 bridgehead atoms. The third kappa shape index (κ3) is 9.52. The maximum Gasteiger partial charge on any atom is 0.309 e. The summed E-state index contributed by atoms with van der Waals surface area (Å²) in [5.41, 5.74) is 8.91. The summed E-state index contributed by atoms with van der Waals surface area (Å²) in [4.78, 5) is 16.5. The van der Waals surface area contributed by atoms with E-state index in [0.717, 1.165) is 6.07 Å². The zero-order valence-corrected chi connectivity index (χ0v) is 11.1. The van der Waals surface area contributed by atoms with Crippen molar-refractivity contribution in [3.05, 3.63) is 23.8 Å². The van der Waals surface area contributed by atoms with Gasteiger partial charge in [0.25, 0.3) is 10.1 Å². The number of benzene rings is 1. The number of amides is 2. The van der Waals surface area contributed by atoms with Crippen LogP contribution >= 0.6 is 0 Å². The topological polar surface area (TPSA) is 196 Å². The number of phenolic OH excluding ortho intramolecular Hbond substituents is 1.